The molecule has 0 heterocycles. The van der Waals surface area contributed by atoms with Gasteiger partial charge < -0.3 is 0 Å². The van der Waals surface area contributed by atoms with Crippen molar-refractivity contribution in [2.75, 3.05) is 6.54 Å². The molecule has 0 aliphatic carbocycles. The number of hydrogen-bond acceptors (Lipinski definition) is 3. The minimum absolute atomic E-state index is 0.280. The topological polar surface area (TPSA) is 91.9 Å². The van der Waals surface area contributed by atoms with Crippen LogP contribution in [0.5, 0.6) is 0 Å². The van der Waals surface area contributed by atoms with Gasteiger partial charge in [-0.1, -0.05) is 17.3 Å². The standard InChI is InChI=1S/C10H9FN4O2/c11-9-5-4-8(10(7-9)15(16)17)3-1-2-6-13-14-12/h1,3-5,7H,2,6H2. The second-order valence-electron chi connectivity index (χ2n) is 3.11. The molecule has 0 radical (unpaired) electrons. The van der Waals surface area contributed by atoms with Crippen LogP contribution in [-0.2, 0) is 0 Å². The third-order valence-corrected chi connectivity index (χ3v) is 1.95. The zero-order chi connectivity index (χ0) is 12.7. The van der Waals surface area contributed by atoms with Crippen LogP contribution >= 0.6 is 0 Å². The molecule has 0 saturated carbocycles. The highest BCUT2D eigenvalue weighted by molar-refractivity contribution is 5.60. The maximum Gasteiger partial charge on any atom is 0.279 e. The maximum absolute atomic E-state index is 12.8. The Bertz CT molecular complexity index is 495. The molecule has 0 amide bonds. The quantitative estimate of drug-likeness (QED) is 0.195. The van der Waals surface area contributed by atoms with Gasteiger partial charge in [-0.3, -0.25) is 10.1 Å². The van der Waals surface area contributed by atoms with Gasteiger partial charge in [-0.25, -0.2) is 4.39 Å². The number of azide groups is 1. The Morgan fingerprint density at radius 1 is 1.59 bits per heavy atom. The lowest BCUT2D eigenvalue weighted by Crippen LogP contribution is -1.92. The number of halogens is 1. The number of rotatable bonds is 5. The van der Waals surface area contributed by atoms with Crippen molar-refractivity contribution in [3.8, 4) is 0 Å². The van der Waals surface area contributed by atoms with E-state index in [9.17, 15) is 14.5 Å². The molecule has 0 N–H and O–H groups in total. The molecular weight excluding hydrogens is 227 g/mol. The summed E-state index contributed by atoms with van der Waals surface area (Å²) in [5.41, 5.74) is 8.06. The predicted octanol–water partition coefficient (Wildman–Crippen LogP) is 3.45. The number of nitrogens with zero attached hydrogens (tertiary/aromatic N) is 4. The lowest BCUT2D eigenvalue weighted by molar-refractivity contribution is -0.385. The van der Waals surface area contributed by atoms with Gasteiger partial charge in [-0.15, -0.1) is 0 Å². The molecule has 0 bridgehead atoms. The Hall–Kier alpha value is -2.40. The first-order valence-electron chi connectivity index (χ1n) is 4.76. The first-order valence-corrected chi connectivity index (χ1v) is 4.76. The third kappa shape index (κ3) is 3.92. The summed E-state index contributed by atoms with van der Waals surface area (Å²) in [5, 5.41) is 14.0. The summed E-state index contributed by atoms with van der Waals surface area (Å²) in [6, 6.07) is 3.35. The fraction of sp³-hybridized carbons (Fsp3) is 0.200. The Balaban J connectivity index is 2.83. The Kier molecular flexibility index (Phi) is 4.65. The first-order chi connectivity index (χ1) is 8.15. The molecule has 0 fully saturated rings. The normalized spacial score (nSPS) is 10.2. The van der Waals surface area contributed by atoms with Crippen molar-refractivity contribution in [1.82, 2.24) is 0 Å². The van der Waals surface area contributed by atoms with Crippen molar-refractivity contribution in [2.24, 2.45) is 5.11 Å². The van der Waals surface area contributed by atoms with Crippen LogP contribution in [-0.4, -0.2) is 11.5 Å². The molecule has 0 aliphatic rings. The zero-order valence-corrected chi connectivity index (χ0v) is 8.78. The summed E-state index contributed by atoms with van der Waals surface area (Å²) in [6.07, 6.45) is 3.61. The molecule has 0 aliphatic heterocycles. The van der Waals surface area contributed by atoms with Crippen LogP contribution in [0, 0.1) is 15.9 Å². The van der Waals surface area contributed by atoms with Gasteiger partial charge in [0.2, 0.25) is 0 Å². The first kappa shape index (κ1) is 12.7. The highest BCUT2D eigenvalue weighted by Crippen LogP contribution is 2.21. The fourth-order valence-electron chi connectivity index (χ4n) is 1.20. The van der Waals surface area contributed by atoms with Gasteiger partial charge in [0.05, 0.1) is 16.6 Å². The van der Waals surface area contributed by atoms with Crippen LogP contribution in [0.25, 0.3) is 16.5 Å². The van der Waals surface area contributed by atoms with Crippen molar-refractivity contribution in [3.05, 3.63) is 56.2 Å². The van der Waals surface area contributed by atoms with Gasteiger partial charge in [0, 0.05) is 11.5 Å². The van der Waals surface area contributed by atoms with Gasteiger partial charge in [0.1, 0.15) is 5.82 Å². The summed E-state index contributed by atoms with van der Waals surface area (Å²) < 4.78 is 12.8. The van der Waals surface area contributed by atoms with Gasteiger partial charge >= 0.3 is 0 Å². The molecule has 0 aromatic heterocycles. The molecule has 88 valence electrons. The van der Waals surface area contributed by atoms with E-state index in [1.807, 2.05) is 0 Å². The molecule has 1 rings (SSSR count). The summed E-state index contributed by atoms with van der Waals surface area (Å²) in [6.45, 7) is 0.280. The van der Waals surface area contributed by atoms with Crippen molar-refractivity contribution < 1.29 is 9.31 Å². The largest absolute Gasteiger partial charge is 0.279 e. The van der Waals surface area contributed by atoms with Gasteiger partial charge in [-0.2, -0.15) is 0 Å². The molecule has 0 unspecified atom stereocenters. The van der Waals surface area contributed by atoms with Gasteiger partial charge in [0.15, 0.2) is 0 Å². The summed E-state index contributed by atoms with van der Waals surface area (Å²) >= 11 is 0. The lowest BCUT2D eigenvalue weighted by Gasteiger charge is -1.97. The van der Waals surface area contributed by atoms with E-state index < -0.39 is 10.7 Å². The minimum atomic E-state index is -0.650. The van der Waals surface area contributed by atoms with Crippen LogP contribution in [0.2, 0.25) is 0 Å². The monoisotopic (exact) mass is 236 g/mol. The smallest absolute Gasteiger partial charge is 0.258 e. The fourth-order valence-corrected chi connectivity index (χ4v) is 1.20. The molecule has 0 atom stereocenters. The molecule has 0 saturated heterocycles. The second kappa shape index (κ2) is 6.24. The van der Waals surface area contributed by atoms with E-state index in [2.05, 4.69) is 10.0 Å². The van der Waals surface area contributed by atoms with E-state index in [1.165, 1.54) is 12.1 Å². The van der Waals surface area contributed by atoms with Crippen LogP contribution in [0.3, 0.4) is 0 Å². The Labute approximate surface area is 96.2 Å². The van der Waals surface area contributed by atoms with E-state index in [0.717, 1.165) is 12.1 Å². The van der Waals surface area contributed by atoms with Crippen LogP contribution in [0.1, 0.15) is 12.0 Å². The molecular formula is C10H9FN4O2. The Morgan fingerprint density at radius 3 is 3.00 bits per heavy atom. The Morgan fingerprint density at radius 2 is 2.35 bits per heavy atom. The number of nitro benzene ring substituents is 1. The minimum Gasteiger partial charge on any atom is -0.258 e. The summed E-state index contributed by atoms with van der Waals surface area (Å²) in [7, 11) is 0. The highest BCUT2D eigenvalue weighted by atomic mass is 19.1. The van der Waals surface area contributed by atoms with Gasteiger partial charge in [-0.05, 0) is 24.1 Å². The van der Waals surface area contributed by atoms with Crippen LogP contribution < -0.4 is 0 Å². The van der Waals surface area contributed by atoms with Crippen molar-refractivity contribution in [2.45, 2.75) is 6.42 Å². The second-order valence-corrected chi connectivity index (χ2v) is 3.11. The molecule has 1 aromatic rings. The zero-order valence-electron chi connectivity index (χ0n) is 8.78. The van der Waals surface area contributed by atoms with Crippen molar-refractivity contribution >= 4 is 11.8 Å². The number of hydrogen-bond donors (Lipinski definition) is 0. The average Bonchev–Trinajstić information content (AvgIpc) is 2.30. The lowest BCUT2D eigenvalue weighted by atomic mass is 10.1. The van der Waals surface area contributed by atoms with E-state index >= 15 is 0 Å². The molecule has 1 aromatic carbocycles. The highest BCUT2D eigenvalue weighted by Gasteiger charge is 2.11. The summed E-state index contributed by atoms with van der Waals surface area (Å²) in [5.74, 6) is -0.650. The number of nitro groups is 1. The van der Waals surface area contributed by atoms with E-state index in [4.69, 9.17) is 5.53 Å². The SMILES string of the molecule is [N-]=[N+]=NCCC=Cc1ccc(F)cc1[N+](=O)[O-]. The average molecular weight is 236 g/mol. The van der Waals surface area contributed by atoms with E-state index in [1.54, 1.807) is 6.08 Å². The van der Waals surface area contributed by atoms with Crippen molar-refractivity contribution in [1.29, 1.82) is 0 Å². The third-order valence-electron chi connectivity index (χ3n) is 1.95. The van der Waals surface area contributed by atoms with Crippen LogP contribution in [0.4, 0.5) is 10.1 Å². The summed E-state index contributed by atoms with van der Waals surface area (Å²) in [4.78, 5) is 12.6. The maximum atomic E-state index is 12.8. The van der Waals surface area contributed by atoms with Gasteiger partial charge in [0.25, 0.3) is 5.69 Å². The predicted molar refractivity (Wildman–Crippen MR) is 60.7 cm³/mol. The van der Waals surface area contributed by atoms with E-state index in [-0.39, 0.29) is 12.2 Å². The molecule has 7 heteroatoms. The molecule has 17 heavy (non-hydrogen) atoms. The van der Waals surface area contributed by atoms with Crippen molar-refractivity contribution in [3.63, 3.8) is 0 Å². The number of benzene rings is 1. The molecule has 0 spiro atoms. The molecule has 6 nitrogen and oxygen atoms in total. The van der Waals surface area contributed by atoms with Crippen LogP contribution in [0.15, 0.2) is 29.4 Å². The van der Waals surface area contributed by atoms with E-state index in [0.29, 0.717) is 12.0 Å².